The zero-order chi connectivity index (χ0) is 23.8. The molecule has 0 radical (unpaired) electrons. The number of hydrogen-bond acceptors (Lipinski definition) is 6. The second-order valence-corrected chi connectivity index (χ2v) is 8.09. The number of methoxy groups -OCH3 is 3. The number of ether oxygens (including phenoxy) is 3. The molecular weight excluding hydrogens is 440 g/mol. The number of hydrogen-bond donors (Lipinski definition) is 2. The van der Waals surface area contributed by atoms with E-state index in [1.54, 1.807) is 30.3 Å². The van der Waals surface area contributed by atoms with Crippen molar-refractivity contribution in [1.29, 1.82) is 0 Å². The van der Waals surface area contributed by atoms with Gasteiger partial charge in [-0.1, -0.05) is 23.8 Å². The third-order valence-corrected chi connectivity index (χ3v) is 5.63. The van der Waals surface area contributed by atoms with E-state index in [4.69, 9.17) is 14.2 Å². The van der Waals surface area contributed by atoms with E-state index in [1.807, 2.05) is 36.6 Å². The highest BCUT2D eigenvalue weighted by molar-refractivity contribution is 7.10. The largest absolute Gasteiger partial charge is 0.493 e. The van der Waals surface area contributed by atoms with Gasteiger partial charge in [-0.3, -0.25) is 9.59 Å². The molecule has 0 bridgehead atoms. The maximum absolute atomic E-state index is 13.0. The molecule has 0 aliphatic carbocycles. The molecule has 0 atom stereocenters. The Morgan fingerprint density at radius 3 is 2.18 bits per heavy atom. The van der Waals surface area contributed by atoms with E-state index in [1.165, 1.54) is 32.7 Å². The van der Waals surface area contributed by atoms with Gasteiger partial charge in [-0.05, 0) is 54.3 Å². The Morgan fingerprint density at radius 1 is 0.970 bits per heavy atom. The molecule has 0 saturated heterocycles. The van der Waals surface area contributed by atoms with E-state index in [-0.39, 0.29) is 18.1 Å². The molecule has 1 heterocycles. The number of carbonyl (C=O) groups excluding carboxylic acids is 2. The Kier molecular flexibility index (Phi) is 8.10. The number of nitrogens with one attached hydrogen (secondary N) is 2. The predicted molar refractivity (Wildman–Crippen MR) is 129 cm³/mol. The van der Waals surface area contributed by atoms with Crippen molar-refractivity contribution >= 4 is 29.2 Å². The van der Waals surface area contributed by atoms with Crippen LogP contribution < -0.4 is 24.8 Å². The first-order valence-electron chi connectivity index (χ1n) is 10.2. The van der Waals surface area contributed by atoms with Crippen molar-refractivity contribution in [3.05, 3.63) is 81.2 Å². The van der Waals surface area contributed by atoms with Crippen LogP contribution in [0.1, 0.15) is 26.4 Å². The van der Waals surface area contributed by atoms with Crippen LogP contribution in [-0.4, -0.2) is 33.1 Å². The van der Waals surface area contributed by atoms with E-state index in [2.05, 4.69) is 10.6 Å². The first kappa shape index (κ1) is 23.9. The average molecular weight is 467 g/mol. The maximum atomic E-state index is 13.0. The topological polar surface area (TPSA) is 85.9 Å². The summed E-state index contributed by atoms with van der Waals surface area (Å²) in [5.74, 6) is 0.670. The fraction of sp³-hybridized carbons (Fsp3) is 0.200. The molecule has 3 rings (SSSR count). The summed E-state index contributed by atoms with van der Waals surface area (Å²) in [6, 6.07) is 14.4. The van der Waals surface area contributed by atoms with Crippen molar-refractivity contribution in [1.82, 2.24) is 10.6 Å². The highest BCUT2D eigenvalue weighted by atomic mass is 32.1. The van der Waals surface area contributed by atoms with Crippen LogP contribution in [0, 0.1) is 6.92 Å². The first-order valence-corrected chi connectivity index (χ1v) is 11.0. The second-order valence-electron chi connectivity index (χ2n) is 7.11. The van der Waals surface area contributed by atoms with Gasteiger partial charge in [-0.25, -0.2) is 0 Å². The standard InChI is InChI=1S/C25H26N2O5S/c1-16-7-9-18(10-8-16)24(28)27-20(14-19-6-5-11-33-19)25(29)26-15-17-12-21(30-2)23(32-4)22(13-17)31-3/h5-14H,15H2,1-4H3,(H,26,29)(H,27,28)/b20-14-. The van der Waals surface area contributed by atoms with E-state index < -0.39 is 5.91 Å². The summed E-state index contributed by atoms with van der Waals surface area (Å²) >= 11 is 1.47. The van der Waals surface area contributed by atoms with Gasteiger partial charge in [0.2, 0.25) is 5.75 Å². The summed E-state index contributed by atoms with van der Waals surface area (Å²) in [7, 11) is 4.59. The number of thiophene rings is 1. The summed E-state index contributed by atoms with van der Waals surface area (Å²) in [4.78, 5) is 26.6. The van der Waals surface area contributed by atoms with Crippen molar-refractivity contribution in [2.45, 2.75) is 13.5 Å². The van der Waals surface area contributed by atoms with Crippen LogP contribution in [0.5, 0.6) is 17.2 Å². The lowest BCUT2D eigenvalue weighted by atomic mass is 10.1. The second kappa shape index (κ2) is 11.2. The molecule has 0 spiro atoms. The number of rotatable bonds is 9. The molecule has 0 fully saturated rings. The molecule has 33 heavy (non-hydrogen) atoms. The quantitative estimate of drug-likeness (QED) is 0.463. The SMILES string of the molecule is COc1cc(CNC(=O)/C(=C/c2cccs2)NC(=O)c2ccc(C)cc2)cc(OC)c1OC. The minimum atomic E-state index is -0.419. The summed E-state index contributed by atoms with van der Waals surface area (Å²) in [5.41, 5.74) is 2.41. The first-order chi connectivity index (χ1) is 15.9. The Bertz CT molecular complexity index is 1110. The lowest BCUT2D eigenvalue weighted by Gasteiger charge is -2.15. The zero-order valence-corrected chi connectivity index (χ0v) is 19.7. The molecule has 0 aliphatic rings. The number of benzene rings is 2. The van der Waals surface area contributed by atoms with E-state index in [0.717, 1.165) is 16.0 Å². The molecule has 2 N–H and O–H groups in total. The van der Waals surface area contributed by atoms with Gasteiger partial charge in [0.15, 0.2) is 11.5 Å². The lowest BCUT2D eigenvalue weighted by Crippen LogP contribution is -2.34. The van der Waals surface area contributed by atoms with Gasteiger partial charge >= 0.3 is 0 Å². The zero-order valence-electron chi connectivity index (χ0n) is 18.9. The van der Waals surface area contributed by atoms with Crippen molar-refractivity contribution in [2.24, 2.45) is 0 Å². The third-order valence-electron chi connectivity index (χ3n) is 4.81. The molecule has 0 unspecified atom stereocenters. The molecular formula is C25H26N2O5S. The van der Waals surface area contributed by atoms with Gasteiger partial charge in [-0.15, -0.1) is 11.3 Å². The van der Waals surface area contributed by atoms with E-state index in [0.29, 0.717) is 22.8 Å². The summed E-state index contributed by atoms with van der Waals surface area (Å²) in [5, 5.41) is 7.49. The number of amides is 2. The van der Waals surface area contributed by atoms with Crippen LogP contribution >= 0.6 is 11.3 Å². The van der Waals surface area contributed by atoms with Gasteiger partial charge in [0.05, 0.1) is 21.3 Å². The molecule has 0 saturated carbocycles. The van der Waals surface area contributed by atoms with Gasteiger partial charge < -0.3 is 24.8 Å². The monoisotopic (exact) mass is 466 g/mol. The maximum Gasteiger partial charge on any atom is 0.268 e. The Hall–Kier alpha value is -3.78. The van der Waals surface area contributed by atoms with Gasteiger partial charge in [0.25, 0.3) is 11.8 Å². The molecule has 8 heteroatoms. The number of carbonyl (C=O) groups is 2. The van der Waals surface area contributed by atoms with Crippen LogP contribution in [0.3, 0.4) is 0 Å². The molecule has 2 aromatic carbocycles. The van der Waals surface area contributed by atoms with Gasteiger partial charge in [-0.2, -0.15) is 0 Å². The van der Waals surface area contributed by atoms with E-state index in [9.17, 15) is 9.59 Å². The molecule has 3 aromatic rings. The molecule has 0 aliphatic heterocycles. The Morgan fingerprint density at radius 2 is 1.64 bits per heavy atom. The summed E-state index contributed by atoms with van der Waals surface area (Å²) < 4.78 is 16.1. The highest BCUT2D eigenvalue weighted by Gasteiger charge is 2.17. The highest BCUT2D eigenvalue weighted by Crippen LogP contribution is 2.38. The molecule has 1 aromatic heterocycles. The lowest BCUT2D eigenvalue weighted by molar-refractivity contribution is -0.117. The van der Waals surface area contributed by atoms with Crippen molar-refractivity contribution in [3.8, 4) is 17.2 Å². The van der Waals surface area contributed by atoms with Crippen LogP contribution in [0.2, 0.25) is 0 Å². The fourth-order valence-corrected chi connectivity index (χ4v) is 3.75. The Balaban J connectivity index is 1.79. The third kappa shape index (κ3) is 6.14. The number of aryl methyl sites for hydroxylation is 1. The van der Waals surface area contributed by atoms with Crippen LogP contribution in [-0.2, 0) is 11.3 Å². The normalized spacial score (nSPS) is 11.0. The van der Waals surface area contributed by atoms with Crippen LogP contribution in [0.25, 0.3) is 6.08 Å². The van der Waals surface area contributed by atoms with Crippen LogP contribution in [0.4, 0.5) is 0 Å². The van der Waals surface area contributed by atoms with Gasteiger partial charge in [0, 0.05) is 17.0 Å². The molecule has 7 nitrogen and oxygen atoms in total. The molecule has 2 amide bonds. The van der Waals surface area contributed by atoms with Crippen molar-refractivity contribution in [2.75, 3.05) is 21.3 Å². The summed E-state index contributed by atoms with van der Waals surface area (Å²) in [6.07, 6.45) is 1.65. The Labute approximate surface area is 197 Å². The van der Waals surface area contributed by atoms with Crippen LogP contribution in [0.15, 0.2) is 59.6 Å². The van der Waals surface area contributed by atoms with Crippen molar-refractivity contribution < 1.29 is 23.8 Å². The predicted octanol–water partition coefficient (Wildman–Crippen LogP) is 4.17. The van der Waals surface area contributed by atoms with Gasteiger partial charge in [0.1, 0.15) is 5.70 Å². The average Bonchev–Trinajstić information content (AvgIpc) is 3.34. The summed E-state index contributed by atoms with van der Waals surface area (Å²) in [6.45, 7) is 2.14. The minimum absolute atomic E-state index is 0.149. The fourth-order valence-electron chi connectivity index (χ4n) is 3.09. The van der Waals surface area contributed by atoms with Crippen molar-refractivity contribution in [3.63, 3.8) is 0 Å². The minimum Gasteiger partial charge on any atom is -0.493 e. The van der Waals surface area contributed by atoms with E-state index >= 15 is 0 Å². The molecule has 172 valence electrons. The smallest absolute Gasteiger partial charge is 0.268 e.